The lowest BCUT2D eigenvalue weighted by Crippen LogP contribution is -2.49. The largest absolute Gasteiger partial charge is 0.353 e. The molecule has 1 fully saturated rings. The van der Waals surface area contributed by atoms with E-state index >= 15 is 0 Å². The molecule has 1 aliphatic heterocycles. The molecule has 4 rings (SSSR count). The highest BCUT2D eigenvalue weighted by Gasteiger charge is 2.31. The lowest BCUT2D eigenvalue weighted by Gasteiger charge is -2.35. The number of aromatic nitrogens is 2. The van der Waals surface area contributed by atoms with E-state index in [1.165, 1.54) is 22.8 Å². The molecule has 0 saturated carbocycles. The Balaban J connectivity index is 1.58. The van der Waals surface area contributed by atoms with Gasteiger partial charge in [-0.25, -0.2) is 18.4 Å². The molecule has 0 aliphatic carbocycles. The Labute approximate surface area is 167 Å². The molecule has 0 amide bonds. The number of piperazine rings is 1. The lowest BCUT2D eigenvalue weighted by atomic mass is 10.2. The quantitative estimate of drug-likeness (QED) is 0.655. The van der Waals surface area contributed by atoms with Gasteiger partial charge >= 0.3 is 0 Å². The summed E-state index contributed by atoms with van der Waals surface area (Å²) in [7, 11) is -3.72. The van der Waals surface area contributed by atoms with Gasteiger partial charge in [0.1, 0.15) is 18.2 Å². The summed E-state index contributed by atoms with van der Waals surface area (Å²) in [6, 6.07) is 13.7. The predicted octanol–water partition coefficient (Wildman–Crippen LogP) is 2.67. The van der Waals surface area contributed by atoms with Crippen molar-refractivity contribution in [2.24, 2.45) is 0 Å². The minimum absolute atomic E-state index is 0.0491. The fourth-order valence-electron chi connectivity index (χ4n) is 3.33. The first-order chi connectivity index (χ1) is 13.5. The Hall–Kier alpha value is -2.73. The molecule has 0 N–H and O–H groups in total. The molecule has 0 atom stereocenters. The highest BCUT2D eigenvalue weighted by molar-refractivity contribution is 7.89. The Morgan fingerprint density at radius 1 is 1.04 bits per heavy atom. The summed E-state index contributed by atoms with van der Waals surface area (Å²) in [6.07, 6.45) is 1.49. The fourth-order valence-corrected chi connectivity index (χ4v) is 5.06. The van der Waals surface area contributed by atoms with Crippen LogP contribution in [0.1, 0.15) is 5.56 Å². The molecule has 1 saturated heterocycles. The van der Waals surface area contributed by atoms with Crippen molar-refractivity contribution in [2.45, 2.75) is 4.90 Å². The minimum atomic E-state index is -3.72. The summed E-state index contributed by atoms with van der Waals surface area (Å²) in [5.74, 6) is 0.760. The molecule has 142 valence electrons. The average molecular weight is 414 g/mol. The van der Waals surface area contributed by atoms with Crippen molar-refractivity contribution >= 4 is 38.3 Å². The topological polar surface area (TPSA) is 90.2 Å². The number of rotatable bonds is 3. The first-order valence-electron chi connectivity index (χ1n) is 8.65. The van der Waals surface area contributed by atoms with E-state index in [4.69, 9.17) is 11.6 Å². The van der Waals surface area contributed by atoms with E-state index in [-0.39, 0.29) is 10.5 Å². The molecule has 0 spiro atoms. The van der Waals surface area contributed by atoms with Gasteiger partial charge in [0.15, 0.2) is 0 Å². The Bertz CT molecular complexity index is 1180. The third-order valence-electron chi connectivity index (χ3n) is 4.74. The molecule has 28 heavy (non-hydrogen) atoms. The Kier molecular flexibility index (Phi) is 4.89. The van der Waals surface area contributed by atoms with Crippen LogP contribution in [0.2, 0.25) is 5.02 Å². The van der Waals surface area contributed by atoms with Gasteiger partial charge in [0.05, 0.1) is 16.0 Å². The number of nitriles is 1. The number of fused-ring (bicyclic) bond motifs is 1. The third-order valence-corrected chi connectivity index (χ3v) is 6.93. The summed E-state index contributed by atoms with van der Waals surface area (Å²) in [4.78, 5) is 10.7. The van der Waals surface area contributed by atoms with Crippen molar-refractivity contribution in [3.8, 4) is 6.07 Å². The van der Waals surface area contributed by atoms with Gasteiger partial charge < -0.3 is 4.90 Å². The van der Waals surface area contributed by atoms with Crippen LogP contribution in [0.25, 0.3) is 10.9 Å². The first kappa shape index (κ1) is 18.6. The van der Waals surface area contributed by atoms with Gasteiger partial charge in [-0.3, -0.25) is 0 Å². The van der Waals surface area contributed by atoms with Crippen LogP contribution in [0.5, 0.6) is 0 Å². The number of benzene rings is 2. The number of hydrogen-bond donors (Lipinski definition) is 0. The molecular weight excluding hydrogens is 398 g/mol. The van der Waals surface area contributed by atoms with Crippen molar-refractivity contribution in [1.82, 2.24) is 14.3 Å². The molecule has 0 unspecified atom stereocenters. The number of halogens is 1. The number of sulfonamides is 1. The summed E-state index contributed by atoms with van der Waals surface area (Å²) >= 11 is 6.04. The zero-order valence-electron chi connectivity index (χ0n) is 14.8. The van der Waals surface area contributed by atoms with Crippen LogP contribution in [0.15, 0.2) is 53.7 Å². The Morgan fingerprint density at radius 3 is 2.54 bits per heavy atom. The van der Waals surface area contributed by atoms with Crippen molar-refractivity contribution < 1.29 is 8.42 Å². The smallest absolute Gasteiger partial charge is 0.244 e. The number of hydrogen-bond acceptors (Lipinski definition) is 6. The van der Waals surface area contributed by atoms with E-state index in [0.29, 0.717) is 31.2 Å². The molecule has 0 bridgehead atoms. The minimum Gasteiger partial charge on any atom is -0.353 e. The highest BCUT2D eigenvalue weighted by Crippen LogP contribution is 2.27. The molecule has 7 nitrogen and oxygen atoms in total. The lowest BCUT2D eigenvalue weighted by molar-refractivity contribution is 0.384. The van der Waals surface area contributed by atoms with Crippen LogP contribution in [0.3, 0.4) is 0 Å². The first-order valence-corrected chi connectivity index (χ1v) is 10.5. The van der Waals surface area contributed by atoms with Crippen LogP contribution >= 0.6 is 11.6 Å². The zero-order chi connectivity index (χ0) is 19.7. The van der Waals surface area contributed by atoms with Gasteiger partial charge in [0, 0.05) is 36.6 Å². The normalized spacial score (nSPS) is 15.5. The standard InChI is InChI=1S/C19H16ClN5O2S/c20-15-5-6-16-17(11-15)22-13-23-19(16)24-7-9-25(10-8-24)28(26,27)18-4-2-1-3-14(18)12-21/h1-6,11,13H,7-10H2. The number of anilines is 1. The molecule has 2 aromatic carbocycles. The predicted molar refractivity (Wildman–Crippen MR) is 107 cm³/mol. The van der Waals surface area contributed by atoms with E-state index in [9.17, 15) is 13.7 Å². The summed E-state index contributed by atoms with van der Waals surface area (Å²) in [6.45, 7) is 1.59. The van der Waals surface area contributed by atoms with Gasteiger partial charge in [-0.05, 0) is 30.3 Å². The molecule has 1 aliphatic rings. The van der Waals surface area contributed by atoms with E-state index in [0.717, 1.165) is 16.7 Å². The van der Waals surface area contributed by atoms with Crippen molar-refractivity contribution in [1.29, 1.82) is 5.26 Å². The average Bonchev–Trinajstić information content (AvgIpc) is 2.73. The molecule has 0 radical (unpaired) electrons. The van der Waals surface area contributed by atoms with Gasteiger partial charge in [0.25, 0.3) is 0 Å². The molecule has 2 heterocycles. The molecule has 9 heteroatoms. The maximum absolute atomic E-state index is 13.0. The van der Waals surface area contributed by atoms with E-state index in [2.05, 4.69) is 9.97 Å². The van der Waals surface area contributed by atoms with Crippen LogP contribution in [0, 0.1) is 11.3 Å². The van der Waals surface area contributed by atoms with E-state index in [1.807, 2.05) is 17.0 Å². The highest BCUT2D eigenvalue weighted by atomic mass is 35.5. The summed E-state index contributed by atoms with van der Waals surface area (Å²) in [5, 5.41) is 10.7. The second-order valence-electron chi connectivity index (χ2n) is 6.36. The van der Waals surface area contributed by atoms with Crippen molar-refractivity contribution in [2.75, 3.05) is 31.1 Å². The second-order valence-corrected chi connectivity index (χ2v) is 8.70. The summed E-state index contributed by atoms with van der Waals surface area (Å²) in [5.41, 5.74) is 0.902. The maximum Gasteiger partial charge on any atom is 0.244 e. The van der Waals surface area contributed by atoms with Crippen molar-refractivity contribution in [3.63, 3.8) is 0 Å². The Morgan fingerprint density at radius 2 is 1.79 bits per heavy atom. The maximum atomic E-state index is 13.0. The monoisotopic (exact) mass is 413 g/mol. The molecular formula is C19H16ClN5O2S. The SMILES string of the molecule is N#Cc1ccccc1S(=O)(=O)N1CCN(c2ncnc3cc(Cl)ccc23)CC1. The van der Waals surface area contributed by atoms with Crippen molar-refractivity contribution in [3.05, 3.63) is 59.4 Å². The van der Waals surface area contributed by atoms with Gasteiger partial charge in [-0.2, -0.15) is 9.57 Å². The third kappa shape index (κ3) is 3.29. The van der Waals surface area contributed by atoms with Crippen LogP contribution in [-0.2, 0) is 10.0 Å². The van der Waals surface area contributed by atoms with E-state index < -0.39 is 10.0 Å². The molecule has 1 aromatic heterocycles. The van der Waals surface area contributed by atoms with Gasteiger partial charge in [-0.15, -0.1) is 0 Å². The second kappa shape index (κ2) is 7.36. The zero-order valence-corrected chi connectivity index (χ0v) is 16.4. The van der Waals surface area contributed by atoms with Crippen LogP contribution in [-0.4, -0.2) is 48.9 Å². The fraction of sp³-hybridized carbons (Fsp3) is 0.211. The molecule has 3 aromatic rings. The van der Waals surface area contributed by atoms with E-state index in [1.54, 1.807) is 24.3 Å². The van der Waals surface area contributed by atoms with Gasteiger partial charge in [0.2, 0.25) is 10.0 Å². The van der Waals surface area contributed by atoms with Gasteiger partial charge in [-0.1, -0.05) is 23.7 Å². The van der Waals surface area contributed by atoms with Crippen LogP contribution in [0.4, 0.5) is 5.82 Å². The number of nitrogens with zero attached hydrogens (tertiary/aromatic N) is 5. The van der Waals surface area contributed by atoms with Crippen LogP contribution < -0.4 is 4.90 Å². The summed E-state index contributed by atoms with van der Waals surface area (Å²) < 4.78 is 27.4.